The van der Waals surface area contributed by atoms with E-state index in [0.717, 1.165) is 24.3 Å². The maximum absolute atomic E-state index is 13.3. The average Bonchev–Trinajstić information content (AvgIpc) is 3.05. The molecule has 3 heterocycles. The zero-order valence-electron chi connectivity index (χ0n) is 13.1. The Labute approximate surface area is 138 Å². The summed E-state index contributed by atoms with van der Waals surface area (Å²) >= 11 is 0. The molecule has 122 valence electrons. The van der Waals surface area contributed by atoms with Crippen LogP contribution in [0.15, 0.2) is 48.7 Å². The first-order valence-electron chi connectivity index (χ1n) is 7.94. The maximum Gasteiger partial charge on any atom is 0.270 e. The first-order chi connectivity index (χ1) is 11.7. The minimum Gasteiger partial charge on any atom is -0.353 e. The van der Waals surface area contributed by atoms with Crippen LogP contribution in [0.2, 0.25) is 0 Å². The first kappa shape index (κ1) is 14.7. The standard InChI is InChI=1S/C18H17FN4O/c19-14-5-4-13-11-16(21-15(13)12-14)18(24)23-9-7-22(8-10-23)17-3-1-2-6-20-17/h1-6,11-12,21H,7-10H2. The third kappa shape index (κ3) is 2.71. The fourth-order valence-corrected chi connectivity index (χ4v) is 3.06. The van der Waals surface area contributed by atoms with E-state index in [2.05, 4.69) is 14.9 Å². The second-order valence-electron chi connectivity index (χ2n) is 5.88. The summed E-state index contributed by atoms with van der Waals surface area (Å²) in [6, 6.07) is 12.1. The van der Waals surface area contributed by atoms with E-state index in [4.69, 9.17) is 0 Å². The summed E-state index contributed by atoms with van der Waals surface area (Å²) in [5.41, 5.74) is 1.15. The number of nitrogens with zero attached hydrogens (tertiary/aromatic N) is 3. The molecule has 1 aliphatic heterocycles. The second-order valence-corrected chi connectivity index (χ2v) is 5.88. The quantitative estimate of drug-likeness (QED) is 0.788. The molecule has 1 fully saturated rings. The van der Waals surface area contributed by atoms with Gasteiger partial charge in [0, 0.05) is 43.3 Å². The van der Waals surface area contributed by atoms with Crippen LogP contribution in [0, 0.1) is 5.82 Å². The fraction of sp³-hybridized carbons (Fsp3) is 0.222. The van der Waals surface area contributed by atoms with Gasteiger partial charge >= 0.3 is 0 Å². The lowest BCUT2D eigenvalue weighted by atomic mass is 10.2. The summed E-state index contributed by atoms with van der Waals surface area (Å²) < 4.78 is 13.3. The van der Waals surface area contributed by atoms with Crippen molar-refractivity contribution in [2.75, 3.05) is 31.1 Å². The molecule has 1 saturated heterocycles. The van der Waals surface area contributed by atoms with Crippen LogP contribution < -0.4 is 4.90 Å². The van der Waals surface area contributed by atoms with E-state index in [1.165, 1.54) is 12.1 Å². The van der Waals surface area contributed by atoms with E-state index in [9.17, 15) is 9.18 Å². The van der Waals surface area contributed by atoms with Gasteiger partial charge in [0.15, 0.2) is 0 Å². The molecule has 1 aliphatic rings. The van der Waals surface area contributed by atoms with Gasteiger partial charge in [-0.1, -0.05) is 6.07 Å². The highest BCUT2D eigenvalue weighted by molar-refractivity contribution is 5.98. The molecule has 24 heavy (non-hydrogen) atoms. The molecular weight excluding hydrogens is 307 g/mol. The molecular formula is C18H17FN4O. The zero-order valence-corrected chi connectivity index (χ0v) is 13.1. The number of aromatic amines is 1. The molecule has 0 atom stereocenters. The predicted octanol–water partition coefficient (Wildman–Crippen LogP) is 2.66. The van der Waals surface area contributed by atoms with E-state index in [1.54, 1.807) is 18.3 Å². The number of benzene rings is 1. The van der Waals surface area contributed by atoms with Crippen LogP contribution in [-0.4, -0.2) is 47.0 Å². The Morgan fingerprint density at radius 2 is 1.92 bits per heavy atom. The van der Waals surface area contributed by atoms with Crippen molar-refractivity contribution in [2.45, 2.75) is 0 Å². The molecule has 1 aromatic carbocycles. The molecule has 0 spiro atoms. The molecule has 2 aromatic heterocycles. The normalized spacial score (nSPS) is 15.0. The van der Waals surface area contributed by atoms with E-state index in [-0.39, 0.29) is 11.7 Å². The Morgan fingerprint density at radius 1 is 1.08 bits per heavy atom. The predicted molar refractivity (Wildman–Crippen MR) is 90.6 cm³/mol. The molecule has 4 rings (SSSR count). The summed E-state index contributed by atoms with van der Waals surface area (Å²) in [4.78, 5) is 24.0. The van der Waals surface area contributed by atoms with Gasteiger partial charge in [-0.05, 0) is 36.4 Å². The molecule has 0 aliphatic carbocycles. The van der Waals surface area contributed by atoms with E-state index in [1.807, 2.05) is 23.1 Å². The van der Waals surface area contributed by atoms with Crippen molar-refractivity contribution in [3.05, 3.63) is 60.2 Å². The Bertz CT molecular complexity index is 869. The van der Waals surface area contributed by atoms with Gasteiger partial charge in [-0.15, -0.1) is 0 Å². The average molecular weight is 324 g/mol. The summed E-state index contributed by atoms with van der Waals surface area (Å²) in [6.45, 7) is 2.77. The van der Waals surface area contributed by atoms with Crippen molar-refractivity contribution in [1.82, 2.24) is 14.9 Å². The van der Waals surface area contributed by atoms with Gasteiger partial charge in [0.2, 0.25) is 0 Å². The zero-order chi connectivity index (χ0) is 16.5. The molecule has 1 amide bonds. The molecule has 6 heteroatoms. The summed E-state index contributed by atoms with van der Waals surface area (Å²) in [5, 5.41) is 0.840. The third-order valence-electron chi connectivity index (χ3n) is 4.36. The number of nitrogens with one attached hydrogen (secondary N) is 1. The number of H-pyrrole nitrogens is 1. The Balaban J connectivity index is 1.47. The highest BCUT2D eigenvalue weighted by atomic mass is 19.1. The highest BCUT2D eigenvalue weighted by Crippen LogP contribution is 2.19. The SMILES string of the molecule is O=C(c1cc2ccc(F)cc2[nH]1)N1CCN(c2ccccn2)CC1. The van der Waals surface area contributed by atoms with Crippen LogP contribution in [0.4, 0.5) is 10.2 Å². The number of hydrogen-bond acceptors (Lipinski definition) is 3. The Morgan fingerprint density at radius 3 is 2.67 bits per heavy atom. The van der Waals surface area contributed by atoms with Crippen LogP contribution in [0.5, 0.6) is 0 Å². The molecule has 0 bridgehead atoms. The number of amides is 1. The highest BCUT2D eigenvalue weighted by Gasteiger charge is 2.23. The largest absolute Gasteiger partial charge is 0.353 e. The topological polar surface area (TPSA) is 52.2 Å². The molecule has 1 N–H and O–H groups in total. The van der Waals surface area contributed by atoms with Gasteiger partial charge in [0.25, 0.3) is 5.91 Å². The van der Waals surface area contributed by atoms with Crippen molar-refractivity contribution in [3.63, 3.8) is 0 Å². The van der Waals surface area contributed by atoms with Crippen molar-refractivity contribution >= 4 is 22.6 Å². The van der Waals surface area contributed by atoms with Crippen molar-refractivity contribution in [3.8, 4) is 0 Å². The first-order valence-corrected chi connectivity index (χ1v) is 7.94. The van der Waals surface area contributed by atoms with Gasteiger partial charge in [0.1, 0.15) is 17.3 Å². The summed E-state index contributed by atoms with van der Waals surface area (Å²) in [7, 11) is 0. The van der Waals surface area contributed by atoms with E-state index < -0.39 is 0 Å². The fourth-order valence-electron chi connectivity index (χ4n) is 3.06. The minimum atomic E-state index is -0.313. The van der Waals surface area contributed by atoms with Gasteiger partial charge < -0.3 is 14.8 Å². The number of hydrogen-bond donors (Lipinski definition) is 1. The number of aromatic nitrogens is 2. The van der Waals surface area contributed by atoms with E-state index >= 15 is 0 Å². The second kappa shape index (κ2) is 5.96. The lowest BCUT2D eigenvalue weighted by molar-refractivity contribution is 0.0741. The number of halogens is 1. The maximum atomic E-state index is 13.3. The van der Waals surface area contributed by atoms with Crippen LogP contribution in [0.3, 0.4) is 0 Å². The Hall–Kier alpha value is -2.89. The molecule has 0 saturated carbocycles. The number of carbonyl (C=O) groups is 1. The number of fused-ring (bicyclic) bond motifs is 1. The van der Waals surface area contributed by atoms with Gasteiger partial charge in [-0.2, -0.15) is 0 Å². The van der Waals surface area contributed by atoms with Crippen LogP contribution in [-0.2, 0) is 0 Å². The van der Waals surface area contributed by atoms with Crippen LogP contribution in [0.25, 0.3) is 10.9 Å². The number of rotatable bonds is 2. The molecule has 0 radical (unpaired) electrons. The number of pyridine rings is 1. The molecule has 0 unspecified atom stereocenters. The Kier molecular flexibility index (Phi) is 3.65. The minimum absolute atomic E-state index is 0.0488. The van der Waals surface area contributed by atoms with Crippen molar-refractivity contribution < 1.29 is 9.18 Å². The number of piperazine rings is 1. The van der Waals surface area contributed by atoms with Crippen molar-refractivity contribution in [1.29, 1.82) is 0 Å². The summed E-state index contributed by atoms with van der Waals surface area (Å²) in [5.74, 6) is 0.574. The van der Waals surface area contributed by atoms with E-state index in [0.29, 0.717) is 24.3 Å². The third-order valence-corrected chi connectivity index (χ3v) is 4.36. The van der Waals surface area contributed by atoms with Crippen LogP contribution >= 0.6 is 0 Å². The summed E-state index contributed by atoms with van der Waals surface area (Å²) in [6.07, 6.45) is 1.77. The van der Waals surface area contributed by atoms with Gasteiger partial charge in [0.05, 0.1) is 0 Å². The van der Waals surface area contributed by atoms with Crippen LogP contribution in [0.1, 0.15) is 10.5 Å². The number of anilines is 1. The van der Waals surface area contributed by atoms with Gasteiger partial charge in [-0.3, -0.25) is 4.79 Å². The lowest BCUT2D eigenvalue weighted by Crippen LogP contribution is -2.49. The number of carbonyl (C=O) groups excluding carboxylic acids is 1. The van der Waals surface area contributed by atoms with Gasteiger partial charge in [-0.25, -0.2) is 9.37 Å². The smallest absolute Gasteiger partial charge is 0.270 e. The monoisotopic (exact) mass is 324 g/mol. The lowest BCUT2D eigenvalue weighted by Gasteiger charge is -2.35. The molecule has 5 nitrogen and oxygen atoms in total. The molecule has 3 aromatic rings. The van der Waals surface area contributed by atoms with Crippen molar-refractivity contribution in [2.24, 2.45) is 0 Å².